The van der Waals surface area contributed by atoms with Crippen LogP contribution in [0.4, 0.5) is 0 Å². The van der Waals surface area contributed by atoms with E-state index in [-0.39, 0.29) is 23.7 Å². The molecule has 1 unspecified atom stereocenters. The van der Waals surface area contributed by atoms with Crippen LogP contribution in [0.5, 0.6) is 17.2 Å². The minimum atomic E-state index is -1.03. The largest absolute Gasteiger partial charge is 0.493 e. The first-order chi connectivity index (χ1) is 12.8. The first kappa shape index (κ1) is 21.0. The Labute approximate surface area is 165 Å². The van der Waals surface area contributed by atoms with Gasteiger partial charge in [-0.1, -0.05) is 15.9 Å². The van der Waals surface area contributed by atoms with Crippen molar-refractivity contribution in [3.8, 4) is 17.2 Å². The molecule has 1 saturated heterocycles. The van der Waals surface area contributed by atoms with Crippen molar-refractivity contribution >= 4 is 33.6 Å². The van der Waals surface area contributed by atoms with Crippen LogP contribution in [0, 0.1) is 0 Å². The molecule has 0 spiro atoms. The van der Waals surface area contributed by atoms with E-state index in [2.05, 4.69) is 15.9 Å². The lowest BCUT2D eigenvalue weighted by atomic mass is 10.0. The van der Waals surface area contributed by atoms with E-state index in [9.17, 15) is 19.5 Å². The highest BCUT2D eigenvalue weighted by atomic mass is 79.9. The molecule has 1 aliphatic rings. The Morgan fingerprint density at radius 3 is 2.26 bits per heavy atom. The average molecular weight is 444 g/mol. The number of nitrogens with zero attached hydrogens (tertiary/aromatic N) is 1. The fraction of sp³-hybridized carbons (Fsp3) is 0.500. The smallest absolute Gasteiger partial charge is 0.326 e. The molecule has 9 heteroatoms. The van der Waals surface area contributed by atoms with Gasteiger partial charge in [0.15, 0.2) is 17.3 Å². The van der Waals surface area contributed by atoms with Gasteiger partial charge in [0.25, 0.3) is 0 Å². The van der Waals surface area contributed by atoms with Gasteiger partial charge in [-0.25, -0.2) is 4.79 Å². The van der Waals surface area contributed by atoms with Crippen molar-refractivity contribution in [3.05, 3.63) is 17.7 Å². The highest BCUT2D eigenvalue weighted by Gasteiger charge is 2.35. The van der Waals surface area contributed by atoms with Gasteiger partial charge in [-0.2, -0.15) is 0 Å². The van der Waals surface area contributed by atoms with Crippen LogP contribution >= 0.6 is 15.9 Å². The number of rotatable bonds is 8. The molecule has 1 aliphatic heterocycles. The second-order valence-corrected chi connectivity index (χ2v) is 7.14. The number of alkyl halides is 1. The minimum absolute atomic E-state index is 0.140. The van der Waals surface area contributed by atoms with Gasteiger partial charge in [-0.3, -0.25) is 9.59 Å². The second-order valence-electron chi connectivity index (χ2n) is 6.03. The van der Waals surface area contributed by atoms with Crippen LogP contribution in [0.25, 0.3) is 0 Å². The maximum atomic E-state index is 12.8. The van der Waals surface area contributed by atoms with Crippen LogP contribution in [0.15, 0.2) is 12.1 Å². The molecule has 1 heterocycles. The summed E-state index contributed by atoms with van der Waals surface area (Å²) >= 11 is 3.26. The van der Waals surface area contributed by atoms with Crippen LogP contribution in [-0.2, 0) is 9.59 Å². The fourth-order valence-electron chi connectivity index (χ4n) is 3.09. The summed E-state index contributed by atoms with van der Waals surface area (Å²) in [6.07, 6.45) is 0.921. The highest BCUT2D eigenvalue weighted by Crippen LogP contribution is 2.39. The van der Waals surface area contributed by atoms with Gasteiger partial charge in [0.1, 0.15) is 6.04 Å². The lowest BCUT2D eigenvalue weighted by Crippen LogP contribution is -2.41. The number of ketones is 1. The summed E-state index contributed by atoms with van der Waals surface area (Å²) in [5, 5.41) is 9.21. The summed E-state index contributed by atoms with van der Waals surface area (Å²) in [5.41, 5.74) is 0.287. The molecule has 1 N–H and O–H groups in total. The van der Waals surface area contributed by atoms with Crippen LogP contribution < -0.4 is 14.2 Å². The Bertz CT molecular complexity index is 711. The van der Waals surface area contributed by atoms with Crippen LogP contribution in [0.3, 0.4) is 0 Å². The summed E-state index contributed by atoms with van der Waals surface area (Å²) in [4.78, 5) is 37.0. The molecule has 1 aromatic carbocycles. The molecule has 8 nitrogen and oxygen atoms in total. The summed E-state index contributed by atoms with van der Waals surface area (Å²) in [6.45, 7) is 0.383. The summed E-state index contributed by atoms with van der Waals surface area (Å²) in [7, 11) is 4.35. The number of methoxy groups -OCH3 is 3. The number of aliphatic carboxylic acids is 1. The van der Waals surface area contributed by atoms with E-state index >= 15 is 0 Å². The number of amides is 1. The minimum Gasteiger partial charge on any atom is -0.493 e. The highest BCUT2D eigenvalue weighted by molar-refractivity contribution is 9.10. The molecule has 1 amide bonds. The Morgan fingerprint density at radius 1 is 1.19 bits per heavy atom. The van der Waals surface area contributed by atoms with Gasteiger partial charge in [0, 0.05) is 18.5 Å². The van der Waals surface area contributed by atoms with E-state index in [1.165, 1.54) is 38.4 Å². The second kappa shape index (κ2) is 9.07. The number of halogens is 1. The third-order valence-corrected chi connectivity index (χ3v) is 5.19. The summed E-state index contributed by atoms with van der Waals surface area (Å²) in [6, 6.07) is 2.20. The normalized spacial score (nSPS) is 17.3. The Balaban J connectivity index is 2.17. The summed E-state index contributed by atoms with van der Waals surface area (Å²) < 4.78 is 15.7. The maximum absolute atomic E-state index is 12.8. The Hall–Kier alpha value is -2.29. The zero-order valence-corrected chi connectivity index (χ0v) is 16.9. The number of carboxylic acids is 1. The number of hydrogen-bond acceptors (Lipinski definition) is 6. The lowest BCUT2D eigenvalue weighted by Gasteiger charge is -2.22. The Kier molecular flexibility index (Phi) is 7.06. The molecule has 1 aromatic rings. The molecular formula is C18H22BrNO7. The molecular weight excluding hydrogens is 422 g/mol. The standard InChI is InChI=1S/C18H22BrNO7/c1-25-13-7-10(8-14(26-2)17(13)27-3)16(22)11(19)9-15(21)20-6-4-5-12(20)18(23)24/h7-8,11-12H,4-6,9H2,1-3H3,(H,23,24)/t11?,12-/m0/s1. The van der Waals surface area contributed by atoms with E-state index in [1.807, 2.05) is 0 Å². The van der Waals surface area contributed by atoms with Crippen molar-refractivity contribution < 1.29 is 33.7 Å². The van der Waals surface area contributed by atoms with E-state index < -0.39 is 16.8 Å². The fourth-order valence-corrected chi connectivity index (χ4v) is 3.63. The topological polar surface area (TPSA) is 102 Å². The van der Waals surface area contributed by atoms with E-state index in [0.717, 1.165) is 0 Å². The van der Waals surface area contributed by atoms with Crippen LogP contribution in [-0.4, -0.2) is 66.4 Å². The van der Waals surface area contributed by atoms with Crippen molar-refractivity contribution in [1.29, 1.82) is 0 Å². The van der Waals surface area contributed by atoms with Crippen molar-refractivity contribution in [2.75, 3.05) is 27.9 Å². The predicted octanol–water partition coefficient (Wildman–Crippen LogP) is 2.12. The van der Waals surface area contributed by atoms with Crippen molar-refractivity contribution in [2.45, 2.75) is 30.1 Å². The van der Waals surface area contributed by atoms with Gasteiger partial charge < -0.3 is 24.2 Å². The molecule has 0 aromatic heterocycles. The van der Waals surface area contributed by atoms with Gasteiger partial charge in [0.2, 0.25) is 11.7 Å². The Morgan fingerprint density at radius 2 is 1.78 bits per heavy atom. The van der Waals surface area contributed by atoms with Crippen molar-refractivity contribution in [3.63, 3.8) is 0 Å². The quantitative estimate of drug-likeness (QED) is 0.484. The molecule has 27 heavy (non-hydrogen) atoms. The van der Waals surface area contributed by atoms with Crippen LogP contribution in [0.1, 0.15) is 29.6 Å². The number of Topliss-reactive ketones (excluding diaryl/α,β-unsaturated/α-hetero) is 1. The number of carbonyl (C=O) groups is 3. The lowest BCUT2D eigenvalue weighted by molar-refractivity contribution is -0.148. The third kappa shape index (κ3) is 4.52. The number of carbonyl (C=O) groups excluding carboxylic acids is 2. The first-order valence-electron chi connectivity index (χ1n) is 8.34. The monoisotopic (exact) mass is 443 g/mol. The molecule has 0 aliphatic carbocycles. The van der Waals surface area contributed by atoms with E-state index in [4.69, 9.17) is 14.2 Å². The molecule has 1 fully saturated rings. The molecule has 0 bridgehead atoms. The number of likely N-dealkylation sites (tertiary alicyclic amines) is 1. The summed E-state index contributed by atoms with van der Waals surface area (Å²) in [5.74, 6) is -0.715. The first-order valence-corrected chi connectivity index (χ1v) is 9.26. The number of carboxylic acid groups (broad SMARTS) is 1. The van der Waals surface area contributed by atoms with Gasteiger partial charge in [0.05, 0.1) is 26.2 Å². The molecule has 2 rings (SSSR count). The number of ether oxygens (including phenoxy) is 3. The van der Waals surface area contributed by atoms with Crippen molar-refractivity contribution in [1.82, 2.24) is 4.90 Å². The predicted molar refractivity (Wildman–Crippen MR) is 100 cm³/mol. The van der Waals surface area contributed by atoms with Gasteiger partial charge >= 0.3 is 5.97 Å². The molecule has 0 radical (unpaired) electrons. The molecule has 0 saturated carbocycles. The van der Waals surface area contributed by atoms with Gasteiger partial charge in [-0.15, -0.1) is 0 Å². The third-order valence-electron chi connectivity index (χ3n) is 4.45. The van der Waals surface area contributed by atoms with E-state index in [1.54, 1.807) is 0 Å². The zero-order chi connectivity index (χ0) is 20.1. The van der Waals surface area contributed by atoms with Crippen molar-refractivity contribution in [2.24, 2.45) is 0 Å². The number of hydrogen-bond donors (Lipinski definition) is 1. The molecule has 2 atom stereocenters. The van der Waals surface area contributed by atoms with Gasteiger partial charge in [-0.05, 0) is 25.0 Å². The molecule has 148 valence electrons. The number of benzene rings is 1. The van der Waals surface area contributed by atoms with E-state index in [0.29, 0.717) is 36.6 Å². The van der Waals surface area contributed by atoms with Crippen LogP contribution in [0.2, 0.25) is 0 Å². The maximum Gasteiger partial charge on any atom is 0.326 e. The average Bonchev–Trinajstić information content (AvgIpc) is 3.16. The SMILES string of the molecule is COc1cc(C(=O)C(Br)CC(=O)N2CCC[C@H]2C(=O)O)cc(OC)c1OC. The zero-order valence-electron chi connectivity index (χ0n) is 15.4.